The second-order valence-corrected chi connectivity index (χ2v) is 5.90. The summed E-state index contributed by atoms with van der Waals surface area (Å²) in [5.41, 5.74) is 8.07. The third-order valence-corrected chi connectivity index (χ3v) is 4.45. The maximum atomic E-state index is 12.0. The Morgan fingerprint density at radius 2 is 2.14 bits per heavy atom. The second-order valence-electron chi connectivity index (χ2n) is 5.90. The van der Waals surface area contributed by atoms with Crippen molar-refractivity contribution in [3.63, 3.8) is 0 Å². The highest BCUT2D eigenvalue weighted by molar-refractivity contribution is 5.85. The van der Waals surface area contributed by atoms with Crippen LogP contribution in [-0.2, 0) is 4.79 Å². The molecule has 1 aromatic carbocycles. The van der Waals surface area contributed by atoms with E-state index in [4.69, 9.17) is 10.5 Å². The van der Waals surface area contributed by atoms with Crippen molar-refractivity contribution in [2.45, 2.75) is 45.6 Å². The Balaban J connectivity index is 0.00000242. The molecule has 2 unspecified atom stereocenters. The first kappa shape index (κ1) is 18.8. The Morgan fingerprint density at radius 1 is 1.36 bits per heavy atom. The van der Waals surface area contributed by atoms with Gasteiger partial charge in [0.2, 0.25) is 5.91 Å². The van der Waals surface area contributed by atoms with Crippen LogP contribution in [0.25, 0.3) is 0 Å². The van der Waals surface area contributed by atoms with Gasteiger partial charge in [-0.15, -0.1) is 12.4 Å². The van der Waals surface area contributed by atoms with Gasteiger partial charge in [0.05, 0.1) is 13.0 Å². The van der Waals surface area contributed by atoms with Gasteiger partial charge < -0.3 is 15.8 Å². The number of carbonyl (C=O) groups excluding carboxylic acids is 1. The Kier molecular flexibility index (Phi) is 7.69. The van der Waals surface area contributed by atoms with E-state index in [2.05, 4.69) is 18.3 Å². The van der Waals surface area contributed by atoms with Gasteiger partial charge in [-0.3, -0.25) is 4.79 Å². The molecule has 0 radical (unpaired) electrons. The molecule has 1 fully saturated rings. The average molecular weight is 327 g/mol. The first-order chi connectivity index (χ1) is 10.1. The van der Waals surface area contributed by atoms with Crippen LogP contribution in [0.5, 0.6) is 5.75 Å². The molecule has 1 aromatic rings. The van der Waals surface area contributed by atoms with Gasteiger partial charge in [0.25, 0.3) is 0 Å². The summed E-state index contributed by atoms with van der Waals surface area (Å²) in [5.74, 6) is 1.36. The van der Waals surface area contributed by atoms with Crippen LogP contribution in [0, 0.1) is 19.8 Å². The summed E-state index contributed by atoms with van der Waals surface area (Å²) in [5, 5.41) is 3.09. The van der Waals surface area contributed by atoms with Gasteiger partial charge in [-0.1, -0.05) is 18.6 Å². The van der Waals surface area contributed by atoms with E-state index in [1.54, 1.807) is 0 Å². The van der Waals surface area contributed by atoms with E-state index in [9.17, 15) is 4.79 Å². The molecule has 4 nitrogen and oxygen atoms in total. The highest BCUT2D eigenvalue weighted by atomic mass is 35.5. The van der Waals surface area contributed by atoms with Gasteiger partial charge in [-0.2, -0.15) is 0 Å². The number of hydrogen-bond acceptors (Lipinski definition) is 3. The van der Waals surface area contributed by atoms with Crippen LogP contribution in [0.3, 0.4) is 0 Å². The molecule has 124 valence electrons. The number of benzene rings is 1. The predicted octanol–water partition coefficient (Wildman–Crippen LogP) is 2.74. The van der Waals surface area contributed by atoms with Gasteiger partial charge in [0.1, 0.15) is 5.75 Å². The summed E-state index contributed by atoms with van der Waals surface area (Å²) in [4.78, 5) is 12.0. The molecule has 0 heterocycles. The Morgan fingerprint density at radius 3 is 2.86 bits per heavy atom. The lowest BCUT2D eigenvalue weighted by Crippen LogP contribution is -2.40. The number of nitrogens with two attached hydrogens (primary N) is 1. The fourth-order valence-corrected chi connectivity index (χ4v) is 2.92. The first-order valence-corrected chi connectivity index (χ1v) is 7.80. The van der Waals surface area contributed by atoms with Crippen molar-refractivity contribution in [1.82, 2.24) is 5.32 Å². The number of carbonyl (C=O) groups is 1. The fourth-order valence-electron chi connectivity index (χ4n) is 2.92. The molecular formula is C17H27ClN2O2. The minimum absolute atomic E-state index is 0. The van der Waals surface area contributed by atoms with Crippen molar-refractivity contribution in [1.29, 1.82) is 0 Å². The molecule has 1 saturated carbocycles. The molecule has 2 atom stereocenters. The summed E-state index contributed by atoms with van der Waals surface area (Å²) in [7, 11) is 0. The molecule has 0 bridgehead atoms. The summed E-state index contributed by atoms with van der Waals surface area (Å²) >= 11 is 0. The van der Waals surface area contributed by atoms with Crippen LogP contribution in [0.4, 0.5) is 0 Å². The van der Waals surface area contributed by atoms with E-state index < -0.39 is 0 Å². The molecule has 0 saturated heterocycles. The zero-order chi connectivity index (χ0) is 15.2. The van der Waals surface area contributed by atoms with Crippen LogP contribution in [0.15, 0.2) is 18.2 Å². The molecule has 1 aliphatic rings. The molecule has 0 aromatic heterocycles. The van der Waals surface area contributed by atoms with Crippen LogP contribution in [-0.4, -0.2) is 25.1 Å². The molecule has 22 heavy (non-hydrogen) atoms. The third kappa shape index (κ3) is 4.89. The van der Waals surface area contributed by atoms with E-state index in [1.807, 2.05) is 19.1 Å². The van der Waals surface area contributed by atoms with Crippen LogP contribution in [0.1, 0.15) is 36.8 Å². The van der Waals surface area contributed by atoms with Crippen molar-refractivity contribution < 1.29 is 9.53 Å². The number of ether oxygens (including phenoxy) is 1. The summed E-state index contributed by atoms with van der Waals surface area (Å²) < 4.78 is 5.72. The summed E-state index contributed by atoms with van der Waals surface area (Å²) in [6.07, 6.45) is 3.72. The lowest BCUT2D eigenvalue weighted by molar-refractivity contribution is -0.122. The number of aryl methyl sites for hydroxylation is 1. The third-order valence-electron chi connectivity index (χ3n) is 4.45. The largest absolute Gasteiger partial charge is 0.493 e. The monoisotopic (exact) mass is 326 g/mol. The number of halogens is 1. The molecule has 3 N–H and O–H groups in total. The standard InChI is InChI=1S/C17H26N2O2.ClH/c1-12-5-3-8-16(13(12)2)21-10-9-17(20)19-15-7-4-6-14(15)11-18;/h3,5,8,14-15H,4,6-7,9-11,18H2,1-2H3,(H,19,20);1H. The van der Waals surface area contributed by atoms with Crippen molar-refractivity contribution in [3.05, 3.63) is 29.3 Å². The Hall–Kier alpha value is -1.26. The zero-order valence-electron chi connectivity index (χ0n) is 13.4. The van der Waals surface area contributed by atoms with Crippen LogP contribution in [0.2, 0.25) is 0 Å². The quantitative estimate of drug-likeness (QED) is 0.844. The summed E-state index contributed by atoms with van der Waals surface area (Å²) in [6, 6.07) is 6.23. The van der Waals surface area contributed by atoms with E-state index >= 15 is 0 Å². The average Bonchev–Trinajstić information content (AvgIpc) is 2.90. The highest BCUT2D eigenvalue weighted by Crippen LogP contribution is 2.24. The number of amides is 1. The fraction of sp³-hybridized carbons (Fsp3) is 0.588. The SMILES string of the molecule is Cc1cccc(OCCC(=O)NC2CCCC2CN)c1C.Cl. The molecule has 1 amide bonds. The van der Waals surface area contributed by atoms with E-state index in [0.29, 0.717) is 25.5 Å². The second kappa shape index (κ2) is 9.01. The van der Waals surface area contributed by atoms with Gasteiger partial charge in [0, 0.05) is 6.04 Å². The van der Waals surface area contributed by atoms with Crippen molar-refractivity contribution in [2.75, 3.05) is 13.2 Å². The maximum Gasteiger partial charge on any atom is 0.223 e. The minimum Gasteiger partial charge on any atom is -0.493 e. The van der Waals surface area contributed by atoms with Crippen LogP contribution >= 0.6 is 12.4 Å². The topological polar surface area (TPSA) is 64.3 Å². The predicted molar refractivity (Wildman–Crippen MR) is 91.6 cm³/mol. The van der Waals surface area contributed by atoms with Gasteiger partial charge in [0.15, 0.2) is 0 Å². The normalized spacial score (nSPS) is 20.3. The molecule has 1 aliphatic carbocycles. The zero-order valence-corrected chi connectivity index (χ0v) is 14.2. The van der Waals surface area contributed by atoms with Crippen molar-refractivity contribution in [2.24, 2.45) is 11.7 Å². The highest BCUT2D eigenvalue weighted by Gasteiger charge is 2.27. The van der Waals surface area contributed by atoms with Gasteiger partial charge in [-0.25, -0.2) is 0 Å². The van der Waals surface area contributed by atoms with Crippen LogP contribution < -0.4 is 15.8 Å². The lowest BCUT2D eigenvalue weighted by atomic mass is 10.0. The van der Waals surface area contributed by atoms with Crippen molar-refractivity contribution in [3.8, 4) is 5.75 Å². The Bertz CT molecular complexity index is 494. The minimum atomic E-state index is 0. The molecular weight excluding hydrogens is 300 g/mol. The lowest BCUT2D eigenvalue weighted by Gasteiger charge is -2.19. The molecule has 0 aliphatic heterocycles. The summed E-state index contributed by atoms with van der Waals surface area (Å²) in [6.45, 7) is 5.16. The van der Waals surface area contributed by atoms with Gasteiger partial charge in [-0.05, 0) is 56.3 Å². The molecule has 2 rings (SSSR count). The number of rotatable bonds is 6. The smallest absolute Gasteiger partial charge is 0.223 e. The van der Waals surface area contributed by atoms with E-state index in [-0.39, 0.29) is 24.4 Å². The maximum absolute atomic E-state index is 12.0. The van der Waals surface area contributed by atoms with E-state index in [0.717, 1.165) is 30.6 Å². The molecule has 5 heteroatoms. The van der Waals surface area contributed by atoms with E-state index in [1.165, 1.54) is 5.56 Å². The van der Waals surface area contributed by atoms with Gasteiger partial charge >= 0.3 is 0 Å². The first-order valence-electron chi connectivity index (χ1n) is 7.80. The number of nitrogens with one attached hydrogen (secondary N) is 1. The Labute approximate surface area is 139 Å². The van der Waals surface area contributed by atoms with Crippen molar-refractivity contribution >= 4 is 18.3 Å². The number of hydrogen-bond donors (Lipinski definition) is 2. The molecule has 0 spiro atoms.